The molecule has 1 aromatic heterocycles. The number of aromatic nitrogens is 1. The van der Waals surface area contributed by atoms with Crippen LogP contribution in [0.5, 0.6) is 0 Å². The largest absolute Gasteiger partial charge is 0.309 e. The number of rotatable bonds is 8. The van der Waals surface area contributed by atoms with Crippen molar-refractivity contribution < 1.29 is 0 Å². The van der Waals surface area contributed by atoms with Crippen molar-refractivity contribution in [3.8, 4) is 61.3 Å². The lowest BCUT2D eigenvalue weighted by molar-refractivity contribution is 0.660. The summed E-state index contributed by atoms with van der Waals surface area (Å²) in [6, 6.07) is 88.8. The van der Waals surface area contributed by atoms with E-state index in [4.69, 9.17) is 0 Å². The molecule has 308 valence electrons. The molecule has 0 N–H and O–H groups in total. The average Bonchev–Trinajstić information content (AvgIpc) is 3.83. The zero-order valence-corrected chi connectivity index (χ0v) is 36.5. The Morgan fingerprint density at radius 1 is 0.338 bits per heavy atom. The summed E-state index contributed by atoms with van der Waals surface area (Å²) < 4.78 is 2.39. The highest BCUT2D eigenvalue weighted by atomic mass is 15.1. The summed E-state index contributed by atoms with van der Waals surface area (Å²) in [7, 11) is 0. The Morgan fingerprint density at radius 2 is 0.815 bits per heavy atom. The van der Waals surface area contributed by atoms with Gasteiger partial charge < -0.3 is 9.47 Å². The van der Waals surface area contributed by atoms with Gasteiger partial charge in [-0.2, -0.15) is 0 Å². The third kappa shape index (κ3) is 6.40. The van der Waals surface area contributed by atoms with Crippen molar-refractivity contribution in [2.75, 3.05) is 4.90 Å². The number of anilines is 3. The van der Waals surface area contributed by atoms with Crippen LogP contribution in [0, 0.1) is 0 Å². The van der Waals surface area contributed by atoms with E-state index in [0.29, 0.717) is 0 Å². The third-order valence-corrected chi connectivity index (χ3v) is 13.6. The predicted molar refractivity (Wildman–Crippen MR) is 275 cm³/mol. The number of benzene rings is 10. The van der Waals surface area contributed by atoms with Gasteiger partial charge in [0.1, 0.15) is 0 Å². The molecule has 0 atom stereocenters. The average molecular weight is 831 g/mol. The van der Waals surface area contributed by atoms with Crippen molar-refractivity contribution in [1.82, 2.24) is 4.57 Å². The Kier molecular flexibility index (Phi) is 9.21. The van der Waals surface area contributed by atoms with Gasteiger partial charge in [-0.1, -0.05) is 208 Å². The third-order valence-electron chi connectivity index (χ3n) is 13.6. The molecule has 0 radical (unpaired) electrons. The minimum atomic E-state index is -0.107. The molecule has 0 fully saturated rings. The highest BCUT2D eigenvalue weighted by molar-refractivity contribution is 6.09. The number of fused-ring (bicyclic) bond motifs is 6. The van der Waals surface area contributed by atoms with E-state index in [1.54, 1.807) is 0 Å². The molecule has 65 heavy (non-hydrogen) atoms. The summed E-state index contributed by atoms with van der Waals surface area (Å²) >= 11 is 0. The van der Waals surface area contributed by atoms with Gasteiger partial charge >= 0.3 is 0 Å². The van der Waals surface area contributed by atoms with Crippen LogP contribution < -0.4 is 4.90 Å². The fourth-order valence-corrected chi connectivity index (χ4v) is 10.5. The van der Waals surface area contributed by atoms with Crippen LogP contribution in [0.3, 0.4) is 0 Å². The fourth-order valence-electron chi connectivity index (χ4n) is 10.5. The first-order valence-electron chi connectivity index (χ1n) is 22.6. The molecule has 0 saturated carbocycles. The molecule has 11 aromatic rings. The number of nitrogens with zero attached hydrogens (tertiary/aromatic N) is 2. The summed E-state index contributed by atoms with van der Waals surface area (Å²) in [5, 5.41) is 2.53. The van der Waals surface area contributed by atoms with E-state index in [-0.39, 0.29) is 5.41 Å². The van der Waals surface area contributed by atoms with Crippen molar-refractivity contribution in [2.24, 2.45) is 0 Å². The summed E-state index contributed by atoms with van der Waals surface area (Å²) in [5.74, 6) is 0. The number of hydrogen-bond acceptors (Lipinski definition) is 1. The molecule has 1 heterocycles. The molecular formula is C63H46N2. The zero-order valence-electron chi connectivity index (χ0n) is 36.5. The van der Waals surface area contributed by atoms with Crippen LogP contribution in [0.25, 0.3) is 83.1 Å². The molecule has 2 nitrogen and oxygen atoms in total. The zero-order chi connectivity index (χ0) is 43.5. The second-order valence-electron chi connectivity index (χ2n) is 17.7. The second-order valence-corrected chi connectivity index (χ2v) is 17.7. The van der Waals surface area contributed by atoms with Crippen molar-refractivity contribution >= 4 is 38.9 Å². The van der Waals surface area contributed by atoms with E-state index in [1.807, 2.05) is 0 Å². The van der Waals surface area contributed by atoms with E-state index in [0.717, 1.165) is 39.4 Å². The van der Waals surface area contributed by atoms with E-state index in [1.165, 1.54) is 71.9 Å². The van der Waals surface area contributed by atoms with Gasteiger partial charge in [-0.05, 0) is 104 Å². The van der Waals surface area contributed by atoms with E-state index in [2.05, 4.69) is 266 Å². The molecule has 0 spiro atoms. The predicted octanol–water partition coefficient (Wildman–Crippen LogP) is 17.2. The first kappa shape index (κ1) is 38.5. The molecule has 0 bridgehead atoms. The standard InChI is InChI=1S/C63H46N2/c1-63(2)56-28-11-6-26-55(56)62-54(27-17-29-57(62)63)53-25-10-15-33-61(53)64(58-30-12-7-22-50(58)46-36-34-44(35-37-46)43-18-4-3-5-19-43)48-40-38-45(39-41-48)47-20-16-21-49(42-47)65-59-31-13-8-23-51(59)52-24-9-14-32-60(52)65/h3-42H,1-2H3. The quantitative estimate of drug-likeness (QED) is 0.148. The first-order valence-corrected chi connectivity index (χ1v) is 22.6. The summed E-state index contributed by atoms with van der Waals surface area (Å²) in [4.78, 5) is 2.47. The lowest BCUT2D eigenvalue weighted by Crippen LogP contribution is -2.15. The van der Waals surface area contributed by atoms with Crippen LogP contribution >= 0.6 is 0 Å². The second kappa shape index (κ2) is 15.6. The van der Waals surface area contributed by atoms with Crippen LogP contribution in [0.4, 0.5) is 17.1 Å². The van der Waals surface area contributed by atoms with Crippen LogP contribution in [0.2, 0.25) is 0 Å². The topological polar surface area (TPSA) is 8.17 Å². The maximum absolute atomic E-state index is 2.47. The van der Waals surface area contributed by atoms with Crippen molar-refractivity contribution in [3.05, 3.63) is 254 Å². The van der Waals surface area contributed by atoms with Crippen molar-refractivity contribution in [3.63, 3.8) is 0 Å². The lowest BCUT2D eigenvalue weighted by Gasteiger charge is -2.30. The summed E-state index contributed by atoms with van der Waals surface area (Å²) in [6.45, 7) is 4.72. The Bertz CT molecular complexity index is 3500. The van der Waals surface area contributed by atoms with E-state index in [9.17, 15) is 0 Å². The van der Waals surface area contributed by atoms with Crippen LogP contribution in [-0.4, -0.2) is 4.57 Å². The maximum atomic E-state index is 2.47. The molecule has 1 aliphatic rings. The maximum Gasteiger partial charge on any atom is 0.0541 e. The molecule has 10 aromatic carbocycles. The van der Waals surface area contributed by atoms with Gasteiger partial charge in [-0.3, -0.25) is 0 Å². The normalized spacial score (nSPS) is 12.6. The Hall–Kier alpha value is -8.20. The number of para-hydroxylation sites is 4. The molecular weight excluding hydrogens is 785 g/mol. The fraction of sp³-hybridized carbons (Fsp3) is 0.0476. The Morgan fingerprint density at radius 3 is 1.54 bits per heavy atom. The molecule has 1 aliphatic carbocycles. The van der Waals surface area contributed by atoms with E-state index >= 15 is 0 Å². The van der Waals surface area contributed by atoms with Gasteiger partial charge in [-0.15, -0.1) is 0 Å². The smallest absolute Gasteiger partial charge is 0.0541 e. The molecule has 0 aliphatic heterocycles. The Balaban J connectivity index is 1.01. The molecule has 12 rings (SSSR count). The highest BCUT2D eigenvalue weighted by Crippen LogP contribution is 2.54. The van der Waals surface area contributed by atoms with Gasteiger partial charge in [0.15, 0.2) is 0 Å². The highest BCUT2D eigenvalue weighted by Gasteiger charge is 2.37. The van der Waals surface area contributed by atoms with Gasteiger partial charge in [-0.25, -0.2) is 0 Å². The molecule has 0 amide bonds. The van der Waals surface area contributed by atoms with Gasteiger partial charge in [0, 0.05) is 38.7 Å². The molecule has 0 unspecified atom stereocenters. The van der Waals surface area contributed by atoms with Crippen LogP contribution in [0.15, 0.2) is 243 Å². The summed E-state index contributed by atoms with van der Waals surface area (Å²) in [5.41, 5.74) is 21.7. The minimum Gasteiger partial charge on any atom is -0.309 e. The monoisotopic (exact) mass is 830 g/mol. The van der Waals surface area contributed by atoms with Gasteiger partial charge in [0.2, 0.25) is 0 Å². The lowest BCUT2D eigenvalue weighted by atomic mass is 9.82. The Labute approximate surface area is 381 Å². The first-order chi connectivity index (χ1) is 32.0. The number of hydrogen-bond donors (Lipinski definition) is 0. The van der Waals surface area contributed by atoms with Gasteiger partial charge in [0.05, 0.1) is 22.4 Å². The van der Waals surface area contributed by atoms with E-state index < -0.39 is 0 Å². The van der Waals surface area contributed by atoms with Crippen LogP contribution in [-0.2, 0) is 5.41 Å². The van der Waals surface area contributed by atoms with Crippen molar-refractivity contribution in [2.45, 2.75) is 19.3 Å². The SMILES string of the molecule is CC1(C)c2ccccc2-c2c(-c3ccccc3N(c3ccc(-c4cccc(-n5c6ccccc6c6ccccc65)c4)cc3)c3ccccc3-c3ccc(-c4ccccc4)cc3)cccc21. The molecule has 2 heteroatoms. The summed E-state index contributed by atoms with van der Waals surface area (Å²) in [6.07, 6.45) is 0. The van der Waals surface area contributed by atoms with Gasteiger partial charge in [0.25, 0.3) is 0 Å². The van der Waals surface area contributed by atoms with Crippen molar-refractivity contribution in [1.29, 1.82) is 0 Å². The van der Waals surface area contributed by atoms with Crippen LogP contribution in [0.1, 0.15) is 25.0 Å². The minimum absolute atomic E-state index is 0.107. The molecule has 0 saturated heterocycles.